The summed E-state index contributed by atoms with van der Waals surface area (Å²) in [6, 6.07) is 7.92. The maximum Gasteiger partial charge on any atom is 0.225 e. The topological polar surface area (TPSA) is 70.6 Å². The monoisotopic (exact) mass is 306 g/mol. The van der Waals surface area contributed by atoms with Crippen LogP contribution in [0.25, 0.3) is 0 Å². The summed E-state index contributed by atoms with van der Waals surface area (Å²) in [5.41, 5.74) is 1.86. The highest BCUT2D eigenvalue weighted by Crippen LogP contribution is 2.25. The fourth-order valence-corrected chi connectivity index (χ4v) is 2.53. The summed E-state index contributed by atoms with van der Waals surface area (Å²) in [5, 5.41) is 15.7. The molecule has 1 saturated heterocycles. The maximum absolute atomic E-state index is 12.1. The van der Waals surface area contributed by atoms with Crippen molar-refractivity contribution in [2.45, 2.75) is 32.7 Å². The number of para-hydroxylation sites is 1. The number of carbonyl (C=O) groups is 1. The highest BCUT2D eigenvalue weighted by Gasteiger charge is 2.37. The number of anilines is 1. The van der Waals surface area contributed by atoms with Crippen molar-refractivity contribution >= 4 is 11.6 Å². The summed E-state index contributed by atoms with van der Waals surface area (Å²) in [4.78, 5) is 12.1. The SMILES string of the molecule is CCc1ccccc1NC(=O)CC(C)NCC1(CO)COC1. The molecule has 0 bridgehead atoms. The summed E-state index contributed by atoms with van der Waals surface area (Å²) in [6.07, 6.45) is 1.30. The minimum Gasteiger partial charge on any atom is -0.396 e. The van der Waals surface area contributed by atoms with Crippen LogP contribution in [-0.2, 0) is 16.0 Å². The number of ether oxygens (including phenoxy) is 1. The third-order valence-electron chi connectivity index (χ3n) is 4.14. The van der Waals surface area contributed by atoms with Crippen LogP contribution in [0.2, 0.25) is 0 Å². The number of benzene rings is 1. The van der Waals surface area contributed by atoms with Crippen molar-refractivity contribution in [2.24, 2.45) is 5.41 Å². The molecule has 122 valence electrons. The smallest absolute Gasteiger partial charge is 0.225 e. The van der Waals surface area contributed by atoms with Crippen LogP contribution in [0.3, 0.4) is 0 Å². The quantitative estimate of drug-likeness (QED) is 0.682. The predicted molar refractivity (Wildman–Crippen MR) is 86.9 cm³/mol. The van der Waals surface area contributed by atoms with Gasteiger partial charge in [0.2, 0.25) is 5.91 Å². The van der Waals surface area contributed by atoms with Crippen molar-refractivity contribution in [2.75, 3.05) is 31.7 Å². The Morgan fingerprint density at radius 1 is 1.41 bits per heavy atom. The van der Waals surface area contributed by atoms with Crippen LogP contribution in [0.4, 0.5) is 5.69 Å². The first-order valence-corrected chi connectivity index (χ1v) is 7.88. The Kier molecular flexibility index (Phi) is 5.94. The van der Waals surface area contributed by atoms with Gasteiger partial charge in [0.25, 0.3) is 0 Å². The molecule has 5 heteroatoms. The molecule has 1 aromatic carbocycles. The van der Waals surface area contributed by atoms with Crippen LogP contribution >= 0.6 is 0 Å². The predicted octanol–water partition coefficient (Wildman–Crippen LogP) is 1.56. The zero-order valence-electron chi connectivity index (χ0n) is 13.4. The van der Waals surface area contributed by atoms with Gasteiger partial charge < -0.3 is 20.5 Å². The fraction of sp³-hybridized carbons (Fsp3) is 0.588. The Hall–Kier alpha value is -1.43. The van der Waals surface area contributed by atoms with E-state index in [4.69, 9.17) is 4.74 Å². The first-order chi connectivity index (χ1) is 10.6. The first kappa shape index (κ1) is 16.9. The molecule has 0 spiro atoms. The number of hydrogen-bond acceptors (Lipinski definition) is 4. The van der Waals surface area contributed by atoms with E-state index in [1.54, 1.807) is 0 Å². The molecule has 1 unspecified atom stereocenters. The lowest BCUT2D eigenvalue weighted by Gasteiger charge is -2.40. The van der Waals surface area contributed by atoms with Crippen molar-refractivity contribution < 1.29 is 14.6 Å². The normalized spacial score (nSPS) is 17.6. The fourth-order valence-electron chi connectivity index (χ4n) is 2.53. The minimum atomic E-state index is -0.167. The summed E-state index contributed by atoms with van der Waals surface area (Å²) in [6.45, 7) is 6.00. The van der Waals surface area contributed by atoms with E-state index in [1.807, 2.05) is 31.2 Å². The maximum atomic E-state index is 12.1. The lowest BCUT2D eigenvalue weighted by Crippen LogP contribution is -2.53. The highest BCUT2D eigenvalue weighted by molar-refractivity contribution is 5.91. The van der Waals surface area contributed by atoms with Crippen LogP contribution < -0.4 is 10.6 Å². The highest BCUT2D eigenvalue weighted by atomic mass is 16.5. The van der Waals surface area contributed by atoms with Gasteiger partial charge in [-0.3, -0.25) is 4.79 Å². The van der Waals surface area contributed by atoms with Crippen molar-refractivity contribution in [1.29, 1.82) is 0 Å². The number of rotatable bonds is 8. The Bertz CT molecular complexity index is 495. The van der Waals surface area contributed by atoms with E-state index in [9.17, 15) is 9.90 Å². The van der Waals surface area contributed by atoms with Gasteiger partial charge in [-0.25, -0.2) is 0 Å². The van der Waals surface area contributed by atoms with Gasteiger partial charge in [0.15, 0.2) is 0 Å². The van der Waals surface area contributed by atoms with Gasteiger partial charge in [-0.1, -0.05) is 25.1 Å². The summed E-state index contributed by atoms with van der Waals surface area (Å²) in [7, 11) is 0. The second-order valence-corrected chi connectivity index (χ2v) is 6.20. The van der Waals surface area contributed by atoms with E-state index in [2.05, 4.69) is 17.6 Å². The van der Waals surface area contributed by atoms with Gasteiger partial charge in [0.1, 0.15) is 0 Å². The average molecular weight is 306 g/mol. The van der Waals surface area contributed by atoms with Crippen LogP contribution in [-0.4, -0.2) is 43.4 Å². The third-order valence-corrected chi connectivity index (χ3v) is 4.14. The minimum absolute atomic E-state index is 0.00353. The van der Waals surface area contributed by atoms with E-state index in [1.165, 1.54) is 0 Å². The number of hydrogen-bond donors (Lipinski definition) is 3. The molecule has 1 aliphatic heterocycles. The number of aliphatic hydroxyl groups is 1. The van der Waals surface area contributed by atoms with Gasteiger partial charge >= 0.3 is 0 Å². The van der Waals surface area contributed by atoms with E-state index >= 15 is 0 Å². The second kappa shape index (κ2) is 7.72. The number of carbonyl (C=O) groups excluding carboxylic acids is 1. The summed E-state index contributed by atoms with van der Waals surface area (Å²) >= 11 is 0. The molecule has 0 aromatic heterocycles. The van der Waals surface area contributed by atoms with Gasteiger partial charge in [-0.05, 0) is 25.0 Å². The molecule has 0 radical (unpaired) electrons. The molecule has 1 heterocycles. The molecule has 0 aliphatic carbocycles. The Morgan fingerprint density at radius 3 is 2.73 bits per heavy atom. The van der Waals surface area contributed by atoms with E-state index in [-0.39, 0.29) is 24.0 Å². The molecule has 1 fully saturated rings. The lowest BCUT2D eigenvalue weighted by molar-refractivity contribution is -0.135. The number of nitrogens with one attached hydrogen (secondary N) is 2. The van der Waals surface area contributed by atoms with Crippen molar-refractivity contribution in [3.05, 3.63) is 29.8 Å². The third kappa shape index (κ3) is 4.29. The molecule has 3 N–H and O–H groups in total. The summed E-state index contributed by atoms with van der Waals surface area (Å²) in [5.74, 6) is 0.00353. The number of amides is 1. The zero-order valence-corrected chi connectivity index (χ0v) is 13.4. The largest absolute Gasteiger partial charge is 0.396 e. The molecule has 2 rings (SSSR count). The molecule has 1 amide bonds. The van der Waals surface area contributed by atoms with E-state index in [0.717, 1.165) is 17.7 Å². The van der Waals surface area contributed by atoms with Crippen molar-refractivity contribution in [3.63, 3.8) is 0 Å². The van der Waals surface area contributed by atoms with E-state index < -0.39 is 0 Å². The standard InChI is InChI=1S/C17H26N2O3/c1-3-14-6-4-5-7-15(14)19-16(21)8-13(2)18-9-17(10-20)11-22-12-17/h4-7,13,18,20H,3,8-12H2,1-2H3,(H,19,21). The Morgan fingerprint density at radius 2 is 2.14 bits per heavy atom. The van der Waals surface area contributed by atoms with E-state index in [0.29, 0.717) is 26.2 Å². The van der Waals surface area contributed by atoms with Crippen LogP contribution in [0, 0.1) is 5.41 Å². The van der Waals surface area contributed by atoms with Gasteiger partial charge in [-0.15, -0.1) is 0 Å². The van der Waals surface area contributed by atoms with Crippen LogP contribution in [0.1, 0.15) is 25.8 Å². The van der Waals surface area contributed by atoms with Crippen molar-refractivity contribution in [3.8, 4) is 0 Å². The molecule has 22 heavy (non-hydrogen) atoms. The molecule has 1 aromatic rings. The average Bonchev–Trinajstić information content (AvgIpc) is 2.47. The number of aryl methyl sites for hydroxylation is 1. The lowest BCUT2D eigenvalue weighted by atomic mass is 9.87. The molecule has 1 aliphatic rings. The van der Waals surface area contributed by atoms with Gasteiger partial charge in [0.05, 0.1) is 25.2 Å². The molecule has 1 atom stereocenters. The summed E-state index contributed by atoms with van der Waals surface area (Å²) < 4.78 is 5.17. The number of aliphatic hydroxyl groups excluding tert-OH is 1. The zero-order chi connectivity index (χ0) is 16.0. The second-order valence-electron chi connectivity index (χ2n) is 6.20. The van der Waals surface area contributed by atoms with Crippen LogP contribution in [0.5, 0.6) is 0 Å². The van der Waals surface area contributed by atoms with Gasteiger partial charge in [-0.2, -0.15) is 0 Å². The van der Waals surface area contributed by atoms with Crippen molar-refractivity contribution in [1.82, 2.24) is 5.32 Å². The molecule has 5 nitrogen and oxygen atoms in total. The molecular formula is C17H26N2O3. The van der Waals surface area contributed by atoms with Gasteiger partial charge in [0, 0.05) is 24.7 Å². The van der Waals surface area contributed by atoms with Crippen LogP contribution in [0.15, 0.2) is 24.3 Å². The molecule has 0 saturated carbocycles. The molecular weight excluding hydrogens is 280 g/mol. The Balaban J connectivity index is 1.78. The first-order valence-electron chi connectivity index (χ1n) is 7.88. The Labute approximate surface area is 132 Å².